The Labute approximate surface area is 233 Å². The molecule has 7 nitrogen and oxygen atoms in total. The molecule has 0 atom stereocenters. The molecule has 1 amide bonds. The fourth-order valence-electron chi connectivity index (χ4n) is 4.75. The van der Waals surface area contributed by atoms with Crippen molar-refractivity contribution in [3.8, 4) is 17.0 Å². The van der Waals surface area contributed by atoms with Crippen LogP contribution < -0.4 is 4.74 Å². The monoisotopic (exact) mass is 532 g/mol. The Hall–Kier alpha value is -3.16. The van der Waals surface area contributed by atoms with Gasteiger partial charge in [-0.25, -0.2) is 4.52 Å². The van der Waals surface area contributed by atoms with Crippen molar-refractivity contribution < 1.29 is 14.3 Å². The average Bonchev–Trinajstić information content (AvgIpc) is 3.30. The van der Waals surface area contributed by atoms with E-state index >= 15 is 0 Å². The molecule has 7 heteroatoms. The zero-order chi connectivity index (χ0) is 27.8. The number of amides is 1. The highest BCUT2D eigenvalue weighted by molar-refractivity contribution is 5.96. The maximum Gasteiger partial charge on any atom is 0.253 e. The number of nitrogens with zero attached hydrogens (tertiary/aromatic N) is 4. The van der Waals surface area contributed by atoms with Crippen LogP contribution >= 0.6 is 0 Å². The molecule has 0 saturated carbocycles. The number of carbonyl (C=O) groups is 1. The van der Waals surface area contributed by atoms with Crippen molar-refractivity contribution in [3.05, 3.63) is 59.8 Å². The number of pyridine rings is 1. The van der Waals surface area contributed by atoms with Gasteiger partial charge in [0.2, 0.25) is 0 Å². The molecule has 0 aliphatic carbocycles. The van der Waals surface area contributed by atoms with Crippen molar-refractivity contribution in [3.63, 3.8) is 0 Å². The van der Waals surface area contributed by atoms with E-state index in [1.54, 1.807) is 7.11 Å². The van der Waals surface area contributed by atoms with Crippen LogP contribution in [0.2, 0.25) is 0 Å². The highest BCUT2D eigenvalue weighted by Gasteiger charge is 2.20. The van der Waals surface area contributed by atoms with E-state index in [4.69, 9.17) is 14.6 Å². The molecule has 1 fully saturated rings. The number of morpholine rings is 1. The molecule has 1 aliphatic rings. The van der Waals surface area contributed by atoms with E-state index < -0.39 is 0 Å². The minimum Gasteiger partial charge on any atom is -0.497 e. The molecular weight excluding hydrogens is 488 g/mol. The largest absolute Gasteiger partial charge is 0.497 e. The van der Waals surface area contributed by atoms with Gasteiger partial charge in [0.05, 0.1) is 25.8 Å². The lowest BCUT2D eigenvalue weighted by molar-refractivity contribution is 0.0435. The van der Waals surface area contributed by atoms with Gasteiger partial charge in [0.1, 0.15) is 11.4 Å². The Morgan fingerprint density at radius 3 is 2.33 bits per heavy atom. The summed E-state index contributed by atoms with van der Waals surface area (Å²) < 4.78 is 12.7. The van der Waals surface area contributed by atoms with Crippen LogP contribution in [0, 0.1) is 11.8 Å². The average molecular weight is 533 g/mol. The molecule has 210 valence electrons. The van der Waals surface area contributed by atoms with Crippen LogP contribution in [0.1, 0.15) is 56.5 Å². The normalized spacial score (nSPS) is 14.6. The molecule has 0 unspecified atom stereocenters. The van der Waals surface area contributed by atoms with Crippen LogP contribution in [0.3, 0.4) is 0 Å². The summed E-state index contributed by atoms with van der Waals surface area (Å²) in [5, 5.41) is 4.93. The number of carbonyl (C=O) groups excluding carboxylic acids is 1. The Morgan fingerprint density at radius 1 is 1.05 bits per heavy atom. The predicted molar refractivity (Wildman–Crippen MR) is 158 cm³/mol. The number of benzene rings is 1. The first kappa shape index (κ1) is 28.8. The minimum absolute atomic E-state index is 0.0919. The third-order valence-corrected chi connectivity index (χ3v) is 7.28. The SMILES string of the molecule is COc1ccc(-c2nn3ccc(C(=O)N(CCC(C)C)CCC(C)C)cc3c2/C=C/CN2CCOCC2)cc1. The number of fused-ring (bicyclic) bond motifs is 1. The lowest BCUT2D eigenvalue weighted by Crippen LogP contribution is -2.36. The van der Waals surface area contributed by atoms with Crippen molar-refractivity contribution >= 4 is 17.5 Å². The first-order chi connectivity index (χ1) is 18.9. The summed E-state index contributed by atoms with van der Waals surface area (Å²) in [6, 6.07) is 11.9. The van der Waals surface area contributed by atoms with Gasteiger partial charge in [0, 0.05) is 55.6 Å². The second-order valence-electron chi connectivity index (χ2n) is 11.2. The summed E-state index contributed by atoms with van der Waals surface area (Å²) in [4.78, 5) is 18.2. The maximum atomic E-state index is 13.7. The Balaban J connectivity index is 1.69. The minimum atomic E-state index is 0.0919. The van der Waals surface area contributed by atoms with Gasteiger partial charge in [-0.3, -0.25) is 9.69 Å². The Morgan fingerprint density at radius 2 is 1.72 bits per heavy atom. The van der Waals surface area contributed by atoms with Crippen LogP contribution in [0.15, 0.2) is 48.7 Å². The smallest absolute Gasteiger partial charge is 0.253 e. The topological polar surface area (TPSA) is 59.3 Å². The van der Waals surface area contributed by atoms with E-state index in [9.17, 15) is 4.79 Å². The molecule has 0 spiro atoms. The van der Waals surface area contributed by atoms with E-state index in [1.807, 2.05) is 52.0 Å². The van der Waals surface area contributed by atoms with Crippen molar-refractivity contribution in [1.29, 1.82) is 0 Å². The Bertz CT molecular complexity index is 1230. The molecule has 0 bridgehead atoms. The summed E-state index contributed by atoms with van der Waals surface area (Å²) >= 11 is 0. The molecule has 1 aromatic carbocycles. The maximum absolute atomic E-state index is 13.7. The molecular formula is C32H44N4O3. The molecule has 0 N–H and O–H groups in total. The fourth-order valence-corrected chi connectivity index (χ4v) is 4.75. The highest BCUT2D eigenvalue weighted by atomic mass is 16.5. The molecule has 39 heavy (non-hydrogen) atoms. The van der Waals surface area contributed by atoms with Crippen LogP contribution in [-0.2, 0) is 4.74 Å². The van der Waals surface area contributed by atoms with Crippen LogP contribution in [-0.4, -0.2) is 78.4 Å². The number of rotatable bonds is 12. The second-order valence-corrected chi connectivity index (χ2v) is 11.2. The third kappa shape index (κ3) is 7.70. The molecule has 3 aromatic rings. The molecule has 1 aliphatic heterocycles. The summed E-state index contributed by atoms with van der Waals surface area (Å²) in [5.41, 5.74) is 4.54. The van der Waals surface area contributed by atoms with Gasteiger partial charge in [-0.2, -0.15) is 5.10 Å². The molecule has 2 aromatic heterocycles. The van der Waals surface area contributed by atoms with Gasteiger partial charge in [-0.1, -0.05) is 39.8 Å². The van der Waals surface area contributed by atoms with E-state index in [-0.39, 0.29) is 5.91 Å². The summed E-state index contributed by atoms with van der Waals surface area (Å²) in [6.45, 7) is 14.7. The number of hydrogen-bond donors (Lipinski definition) is 0. The molecule has 3 heterocycles. The van der Waals surface area contributed by atoms with Gasteiger partial charge in [-0.05, 0) is 61.1 Å². The Kier molecular flexibility index (Phi) is 10.2. The summed E-state index contributed by atoms with van der Waals surface area (Å²) in [7, 11) is 1.67. The van der Waals surface area contributed by atoms with E-state index in [0.29, 0.717) is 17.4 Å². The summed E-state index contributed by atoms with van der Waals surface area (Å²) in [6.07, 6.45) is 8.26. The molecule has 1 saturated heterocycles. The van der Waals surface area contributed by atoms with Gasteiger partial charge >= 0.3 is 0 Å². The molecule has 4 rings (SSSR count). The predicted octanol–water partition coefficient (Wildman–Crippen LogP) is 5.89. The van der Waals surface area contributed by atoms with Crippen molar-refractivity contribution in [2.75, 3.05) is 53.0 Å². The van der Waals surface area contributed by atoms with Crippen molar-refractivity contribution in [2.45, 2.75) is 40.5 Å². The highest BCUT2D eigenvalue weighted by Crippen LogP contribution is 2.30. The first-order valence-electron chi connectivity index (χ1n) is 14.3. The number of methoxy groups -OCH3 is 1. The first-order valence-corrected chi connectivity index (χ1v) is 14.3. The van der Waals surface area contributed by atoms with Gasteiger partial charge in [-0.15, -0.1) is 0 Å². The standard InChI is InChI=1S/C32H44N4O3/c1-24(2)12-16-35(17-13-25(3)4)32(37)27-14-18-36-30(23-27)29(7-6-15-34-19-21-39-22-20-34)31(33-36)26-8-10-28(38-5)11-9-26/h6-11,14,18,23-25H,12-13,15-17,19-22H2,1-5H3/b7-6+. The third-order valence-electron chi connectivity index (χ3n) is 7.28. The fraction of sp³-hybridized carbons (Fsp3) is 0.500. The van der Waals surface area contributed by atoms with Gasteiger partial charge in [0.15, 0.2) is 0 Å². The lowest BCUT2D eigenvalue weighted by Gasteiger charge is -2.25. The van der Waals surface area contributed by atoms with Gasteiger partial charge in [0.25, 0.3) is 5.91 Å². The lowest BCUT2D eigenvalue weighted by atomic mass is 10.0. The van der Waals surface area contributed by atoms with E-state index in [0.717, 1.165) is 86.9 Å². The number of hydrogen-bond acceptors (Lipinski definition) is 5. The van der Waals surface area contributed by atoms with Crippen molar-refractivity contribution in [1.82, 2.24) is 19.4 Å². The van der Waals surface area contributed by atoms with Crippen LogP contribution in [0.5, 0.6) is 5.75 Å². The zero-order valence-corrected chi connectivity index (χ0v) is 24.2. The summed E-state index contributed by atoms with van der Waals surface area (Å²) in [5.74, 6) is 2.00. The number of aromatic nitrogens is 2. The van der Waals surface area contributed by atoms with Gasteiger partial charge < -0.3 is 14.4 Å². The van der Waals surface area contributed by atoms with E-state index in [2.05, 4.69) is 44.7 Å². The zero-order valence-electron chi connectivity index (χ0n) is 24.2. The van der Waals surface area contributed by atoms with Crippen molar-refractivity contribution in [2.24, 2.45) is 11.8 Å². The number of ether oxygens (including phenoxy) is 2. The quantitative estimate of drug-likeness (QED) is 0.291. The van der Waals surface area contributed by atoms with Crippen LogP contribution in [0.4, 0.5) is 0 Å². The second kappa shape index (κ2) is 13.8. The van der Waals surface area contributed by atoms with Crippen LogP contribution in [0.25, 0.3) is 22.9 Å². The molecule has 0 radical (unpaired) electrons. The van der Waals surface area contributed by atoms with E-state index in [1.165, 1.54) is 0 Å².